The highest BCUT2D eigenvalue weighted by Crippen LogP contribution is 2.17. The van der Waals surface area contributed by atoms with Crippen LogP contribution in [0.25, 0.3) is 5.82 Å². The van der Waals surface area contributed by atoms with Crippen molar-refractivity contribution in [2.24, 2.45) is 0 Å². The van der Waals surface area contributed by atoms with Crippen molar-refractivity contribution >= 4 is 17.7 Å². The number of nitrogens with one attached hydrogen (secondary N) is 1. The number of aromatic nitrogens is 3. The van der Waals surface area contributed by atoms with Crippen LogP contribution in [0.4, 0.5) is 0 Å². The Morgan fingerprint density at radius 1 is 1.42 bits per heavy atom. The predicted octanol–water partition coefficient (Wildman–Crippen LogP) is 1.66. The summed E-state index contributed by atoms with van der Waals surface area (Å²) in [4.78, 5) is 16.6. The first-order valence-corrected chi connectivity index (χ1v) is 9.31. The van der Waals surface area contributed by atoms with Crippen molar-refractivity contribution in [3.8, 4) is 5.82 Å². The van der Waals surface area contributed by atoms with Crippen LogP contribution < -0.4 is 5.32 Å². The van der Waals surface area contributed by atoms with Gasteiger partial charge in [0.25, 0.3) is 0 Å². The molecule has 24 heavy (non-hydrogen) atoms. The van der Waals surface area contributed by atoms with Crippen molar-refractivity contribution in [3.63, 3.8) is 0 Å². The monoisotopic (exact) mass is 348 g/mol. The van der Waals surface area contributed by atoms with E-state index in [0.29, 0.717) is 0 Å². The Morgan fingerprint density at radius 3 is 2.83 bits per heavy atom. The minimum atomic E-state index is -0.198. The molecule has 6 nitrogen and oxygen atoms in total. The molecule has 2 N–H and O–H groups in total. The topological polar surface area (TPSA) is 80.0 Å². The van der Waals surface area contributed by atoms with Crippen molar-refractivity contribution in [2.75, 3.05) is 18.6 Å². The number of aryl methyl sites for hydroxylation is 1. The largest absolute Gasteiger partial charge is 0.394 e. The molecule has 2 aromatic rings. The van der Waals surface area contributed by atoms with Crippen LogP contribution in [0.15, 0.2) is 24.4 Å². The summed E-state index contributed by atoms with van der Waals surface area (Å²) in [6, 6.07) is 5.44. The summed E-state index contributed by atoms with van der Waals surface area (Å²) in [5.41, 5.74) is 2.63. The summed E-state index contributed by atoms with van der Waals surface area (Å²) in [5, 5.41) is 16.8. The van der Waals surface area contributed by atoms with Gasteiger partial charge < -0.3 is 10.4 Å². The minimum absolute atomic E-state index is 0.0442. The maximum Gasteiger partial charge on any atom is 0.224 e. The Balaban J connectivity index is 2.10. The second kappa shape index (κ2) is 8.84. The Labute approximate surface area is 146 Å². The van der Waals surface area contributed by atoms with Crippen molar-refractivity contribution in [3.05, 3.63) is 41.3 Å². The molecule has 1 atom stereocenters. The molecule has 0 fully saturated rings. The molecule has 0 radical (unpaired) electrons. The van der Waals surface area contributed by atoms with E-state index in [1.807, 2.05) is 38.3 Å². The third-order valence-electron chi connectivity index (χ3n) is 3.90. The van der Waals surface area contributed by atoms with Crippen LogP contribution in [0.2, 0.25) is 0 Å². The van der Waals surface area contributed by atoms with Crippen LogP contribution in [-0.2, 0) is 11.2 Å². The lowest BCUT2D eigenvalue weighted by atomic mass is 10.1. The molecular weight excluding hydrogens is 324 g/mol. The van der Waals surface area contributed by atoms with Gasteiger partial charge in [-0.3, -0.25) is 4.79 Å². The molecule has 7 heteroatoms. The van der Waals surface area contributed by atoms with Crippen molar-refractivity contribution in [2.45, 2.75) is 32.7 Å². The van der Waals surface area contributed by atoms with Crippen molar-refractivity contribution < 1.29 is 9.90 Å². The van der Waals surface area contributed by atoms with Gasteiger partial charge in [0.1, 0.15) is 0 Å². The zero-order valence-corrected chi connectivity index (χ0v) is 15.1. The lowest BCUT2D eigenvalue weighted by Crippen LogP contribution is -2.38. The Kier molecular flexibility index (Phi) is 6.81. The molecule has 0 unspecified atom stereocenters. The first kappa shape index (κ1) is 18.5. The van der Waals surface area contributed by atoms with E-state index in [0.717, 1.165) is 34.9 Å². The smallest absolute Gasteiger partial charge is 0.224 e. The third kappa shape index (κ3) is 4.58. The number of aliphatic hydroxyl groups excluding tert-OH is 1. The number of hydrogen-bond acceptors (Lipinski definition) is 5. The molecule has 0 aromatic carbocycles. The summed E-state index contributed by atoms with van der Waals surface area (Å²) in [5.74, 6) is 1.54. The number of nitrogens with zero attached hydrogens (tertiary/aromatic N) is 3. The van der Waals surface area contributed by atoms with Gasteiger partial charge in [0, 0.05) is 17.5 Å². The van der Waals surface area contributed by atoms with Gasteiger partial charge in [0.05, 0.1) is 24.8 Å². The summed E-state index contributed by atoms with van der Waals surface area (Å²) in [6.07, 6.45) is 4.74. The number of amides is 1. The summed E-state index contributed by atoms with van der Waals surface area (Å²) in [6.45, 7) is 3.79. The minimum Gasteiger partial charge on any atom is -0.394 e. The average molecular weight is 348 g/mol. The zero-order chi connectivity index (χ0) is 17.5. The van der Waals surface area contributed by atoms with Crippen molar-refractivity contribution in [1.82, 2.24) is 20.1 Å². The SMILES string of the molecule is CSCC[C@H](CO)NC(=O)Cc1c(C)nn(-c2ccccn2)c1C. The number of carbonyl (C=O) groups is 1. The summed E-state index contributed by atoms with van der Waals surface area (Å²) in [7, 11) is 0. The molecule has 130 valence electrons. The predicted molar refractivity (Wildman–Crippen MR) is 96.6 cm³/mol. The highest BCUT2D eigenvalue weighted by Gasteiger charge is 2.18. The summed E-state index contributed by atoms with van der Waals surface area (Å²) >= 11 is 1.70. The van der Waals surface area contributed by atoms with Gasteiger partial charge >= 0.3 is 0 Å². The lowest BCUT2D eigenvalue weighted by Gasteiger charge is -2.15. The van der Waals surface area contributed by atoms with Crippen LogP contribution in [0.5, 0.6) is 0 Å². The van der Waals surface area contributed by atoms with Gasteiger partial charge in [-0.2, -0.15) is 16.9 Å². The van der Waals surface area contributed by atoms with E-state index in [4.69, 9.17) is 0 Å². The maximum atomic E-state index is 12.3. The normalized spacial score (nSPS) is 12.2. The van der Waals surface area contributed by atoms with E-state index in [1.54, 1.807) is 22.6 Å². The van der Waals surface area contributed by atoms with Gasteiger partial charge in [-0.05, 0) is 44.4 Å². The van der Waals surface area contributed by atoms with E-state index in [1.165, 1.54) is 0 Å². The first-order chi connectivity index (χ1) is 11.6. The standard InChI is InChI=1S/C17H24N4O2S/c1-12-15(10-17(23)19-14(11-22)7-9-24-3)13(2)21(20-12)16-6-4-5-8-18-16/h4-6,8,14,22H,7,9-11H2,1-3H3,(H,19,23)/t14-/m1/s1. The maximum absolute atomic E-state index is 12.3. The fraction of sp³-hybridized carbons (Fsp3) is 0.471. The van der Waals surface area contributed by atoms with E-state index < -0.39 is 0 Å². The van der Waals surface area contributed by atoms with Crippen LogP contribution in [0.3, 0.4) is 0 Å². The molecule has 1 amide bonds. The second-order valence-corrected chi connectivity index (χ2v) is 6.64. The van der Waals surface area contributed by atoms with E-state index in [-0.39, 0.29) is 25.0 Å². The Morgan fingerprint density at radius 2 is 2.21 bits per heavy atom. The van der Waals surface area contributed by atoms with Gasteiger partial charge in [0.2, 0.25) is 5.91 Å². The average Bonchev–Trinajstić information content (AvgIpc) is 2.87. The molecule has 0 bridgehead atoms. The number of rotatable bonds is 8. The Hall–Kier alpha value is -1.86. The molecule has 2 heterocycles. The first-order valence-electron chi connectivity index (χ1n) is 7.92. The van der Waals surface area contributed by atoms with E-state index in [9.17, 15) is 9.90 Å². The molecule has 0 aliphatic carbocycles. The van der Waals surface area contributed by atoms with E-state index in [2.05, 4.69) is 15.4 Å². The molecular formula is C17H24N4O2S. The molecule has 2 rings (SSSR count). The van der Waals surface area contributed by atoms with Gasteiger partial charge in [-0.15, -0.1) is 0 Å². The second-order valence-electron chi connectivity index (χ2n) is 5.65. The van der Waals surface area contributed by atoms with Crippen LogP contribution >= 0.6 is 11.8 Å². The van der Waals surface area contributed by atoms with Crippen LogP contribution in [-0.4, -0.2) is 50.4 Å². The highest BCUT2D eigenvalue weighted by molar-refractivity contribution is 7.98. The number of aliphatic hydroxyl groups is 1. The van der Waals surface area contributed by atoms with Crippen LogP contribution in [0.1, 0.15) is 23.4 Å². The quantitative estimate of drug-likeness (QED) is 0.758. The number of carbonyl (C=O) groups excluding carboxylic acids is 1. The fourth-order valence-electron chi connectivity index (χ4n) is 2.54. The highest BCUT2D eigenvalue weighted by atomic mass is 32.2. The third-order valence-corrected chi connectivity index (χ3v) is 4.54. The van der Waals surface area contributed by atoms with Gasteiger partial charge in [-0.25, -0.2) is 9.67 Å². The van der Waals surface area contributed by atoms with Gasteiger partial charge in [0.15, 0.2) is 5.82 Å². The van der Waals surface area contributed by atoms with Crippen molar-refractivity contribution in [1.29, 1.82) is 0 Å². The molecule has 0 aliphatic heterocycles. The number of hydrogen-bond donors (Lipinski definition) is 2. The molecule has 0 saturated heterocycles. The molecule has 0 saturated carbocycles. The zero-order valence-electron chi connectivity index (χ0n) is 14.3. The van der Waals surface area contributed by atoms with Crippen LogP contribution in [0, 0.1) is 13.8 Å². The lowest BCUT2D eigenvalue weighted by molar-refractivity contribution is -0.121. The van der Waals surface area contributed by atoms with E-state index >= 15 is 0 Å². The number of thioether (sulfide) groups is 1. The number of pyridine rings is 1. The Bertz CT molecular complexity index is 673. The fourth-order valence-corrected chi connectivity index (χ4v) is 3.06. The molecule has 2 aromatic heterocycles. The summed E-state index contributed by atoms with van der Waals surface area (Å²) < 4.78 is 1.76. The molecule has 0 aliphatic rings. The molecule has 0 spiro atoms. The van der Waals surface area contributed by atoms with Gasteiger partial charge in [-0.1, -0.05) is 6.07 Å².